The van der Waals surface area contributed by atoms with Gasteiger partial charge in [0.25, 0.3) is 5.91 Å². The number of rotatable bonds is 6. The molecule has 0 spiro atoms. The van der Waals surface area contributed by atoms with Crippen LogP contribution in [-0.2, 0) is 4.74 Å². The van der Waals surface area contributed by atoms with Crippen LogP contribution in [0.4, 0.5) is 0 Å². The number of carbonyl (C=O) groups is 1. The maximum atomic E-state index is 12.9. The first kappa shape index (κ1) is 16.9. The van der Waals surface area contributed by atoms with E-state index in [1.807, 2.05) is 10.3 Å². The normalized spacial score (nSPS) is 17.7. The van der Waals surface area contributed by atoms with Crippen molar-refractivity contribution in [2.45, 2.75) is 25.3 Å². The Hall–Kier alpha value is -1.99. The van der Waals surface area contributed by atoms with Gasteiger partial charge in [-0.1, -0.05) is 0 Å². The number of piperidine rings is 1. The third kappa shape index (κ3) is 3.91. The van der Waals surface area contributed by atoms with E-state index in [1.54, 1.807) is 43.0 Å². The molecule has 0 radical (unpaired) electrons. The summed E-state index contributed by atoms with van der Waals surface area (Å²) >= 11 is 1.61. The molecule has 6 nitrogen and oxygen atoms in total. The van der Waals surface area contributed by atoms with Crippen LogP contribution in [0.5, 0.6) is 5.88 Å². The Labute approximate surface area is 145 Å². The van der Waals surface area contributed by atoms with Crippen molar-refractivity contribution in [1.82, 2.24) is 14.9 Å². The second-order valence-corrected chi connectivity index (χ2v) is 6.53. The van der Waals surface area contributed by atoms with Gasteiger partial charge in [0.05, 0.1) is 18.2 Å². The summed E-state index contributed by atoms with van der Waals surface area (Å²) in [6, 6.07) is 3.57. The van der Waals surface area contributed by atoms with E-state index in [2.05, 4.69) is 9.97 Å². The predicted octanol–water partition coefficient (Wildman–Crippen LogP) is 2.93. The third-order valence-electron chi connectivity index (χ3n) is 4.02. The minimum Gasteiger partial charge on any atom is -0.475 e. The summed E-state index contributed by atoms with van der Waals surface area (Å²) in [6.07, 6.45) is 6.49. The van der Waals surface area contributed by atoms with Gasteiger partial charge in [0, 0.05) is 37.5 Å². The number of aromatic nitrogens is 2. The predicted molar refractivity (Wildman–Crippen MR) is 91.4 cm³/mol. The molecule has 1 atom stereocenters. The zero-order chi connectivity index (χ0) is 16.8. The van der Waals surface area contributed by atoms with E-state index in [0.29, 0.717) is 24.7 Å². The van der Waals surface area contributed by atoms with Gasteiger partial charge in [-0.3, -0.25) is 4.79 Å². The Kier molecular flexibility index (Phi) is 5.77. The molecule has 0 aliphatic carbocycles. The molecule has 2 aromatic heterocycles. The maximum Gasteiger partial charge on any atom is 0.256 e. The van der Waals surface area contributed by atoms with Crippen molar-refractivity contribution in [3.63, 3.8) is 0 Å². The number of ether oxygens (including phenoxy) is 2. The quantitative estimate of drug-likeness (QED) is 0.752. The molecule has 2 aromatic rings. The van der Waals surface area contributed by atoms with Gasteiger partial charge in [-0.25, -0.2) is 9.97 Å². The van der Waals surface area contributed by atoms with Crippen molar-refractivity contribution >= 4 is 17.2 Å². The van der Waals surface area contributed by atoms with Crippen LogP contribution in [0.25, 0.3) is 0 Å². The summed E-state index contributed by atoms with van der Waals surface area (Å²) in [5.74, 6) is 0.504. The number of hydrogen-bond acceptors (Lipinski definition) is 6. The molecule has 0 bridgehead atoms. The van der Waals surface area contributed by atoms with Gasteiger partial charge in [-0.15, -0.1) is 11.3 Å². The van der Waals surface area contributed by atoms with Crippen LogP contribution < -0.4 is 4.74 Å². The van der Waals surface area contributed by atoms with E-state index in [1.165, 1.54) is 0 Å². The molecule has 24 heavy (non-hydrogen) atoms. The molecule has 1 aliphatic rings. The molecule has 3 rings (SSSR count). The SMILES string of the molecule is COCCOc1ccc(C(=O)N2CCCC[C@@H]2c2nccs2)cn1. The second-order valence-electron chi connectivity index (χ2n) is 5.61. The fourth-order valence-corrected chi connectivity index (χ4v) is 3.60. The molecule has 3 heterocycles. The highest BCUT2D eigenvalue weighted by Crippen LogP contribution is 2.33. The number of nitrogens with zero attached hydrogens (tertiary/aromatic N) is 3. The van der Waals surface area contributed by atoms with E-state index in [-0.39, 0.29) is 11.9 Å². The van der Waals surface area contributed by atoms with Crippen LogP contribution in [0.3, 0.4) is 0 Å². The molecule has 1 aliphatic heterocycles. The summed E-state index contributed by atoms with van der Waals surface area (Å²) in [7, 11) is 1.62. The lowest BCUT2D eigenvalue weighted by Gasteiger charge is -2.34. The molecule has 7 heteroatoms. The van der Waals surface area contributed by atoms with Gasteiger partial charge >= 0.3 is 0 Å². The van der Waals surface area contributed by atoms with Crippen molar-refractivity contribution in [3.05, 3.63) is 40.5 Å². The van der Waals surface area contributed by atoms with Gasteiger partial charge in [0.15, 0.2) is 0 Å². The number of methoxy groups -OCH3 is 1. The maximum absolute atomic E-state index is 12.9. The van der Waals surface area contributed by atoms with Crippen molar-refractivity contribution in [3.8, 4) is 5.88 Å². The zero-order valence-electron chi connectivity index (χ0n) is 13.7. The lowest BCUT2D eigenvalue weighted by molar-refractivity contribution is 0.0610. The number of thiazole rings is 1. The summed E-state index contributed by atoms with van der Waals surface area (Å²) in [5, 5.41) is 2.97. The Bertz CT molecular complexity index is 646. The zero-order valence-corrected chi connectivity index (χ0v) is 14.5. The van der Waals surface area contributed by atoms with E-state index < -0.39 is 0 Å². The van der Waals surface area contributed by atoms with Crippen molar-refractivity contribution < 1.29 is 14.3 Å². The molecule has 1 amide bonds. The minimum absolute atomic E-state index is 0.00541. The molecular weight excluding hydrogens is 326 g/mol. The highest BCUT2D eigenvalue weighted by atomic mass is 32.1. The molecular formula is C17H21N3O3S. The molecule has 0 N–H and O–H groups in total. The highest BCUT2D eigenvalue weighted by molar-refractivity contribution is 7.09. The summed E-state index contributed by atoms with van der Waals surface area (Å²) in [6.45, 7) is 1.70. The number of likely N-dealkylation sites (tertiary alicyclic amines) is 1. The first-order valence-electron chi connectivity index (χ1n) is 8.07. The standard InChI is InChI=1S/C17H21N3O3S/c1-22-9-10-23-15-6-5-13(12-19-15)17(21)20-8-3-2-4-14(20)16-18-7-11-24-16/h5-7,11-12,14H,2-4,8-10H2,1H3/t14-/m1/s1. The monoisotopic (exact) mass is 347 g/mol. The van der Waals surface area contributed by atoms with Crippen molar-refractivity contribution in [2.24, 2.45) is 0 Å². The number of carbonyl (C=O) groups excluding carboxylic acids is 1. The first-order chi connectivity index (χ1) is 11.8. The number of amides is 1. The van der Waals surface area contributed by atoms with Gasteiger partial charge < -0.3 is 14.4 Å². The van der Waals surface area contributed by atoms with Crippen LogP contribution in [0, 0.1) is 0 Å². The van der Waals surface area contributed by atoms with Gasteiger partial charge in [-0.05, 0) is 25.3 Å². The second kappa shape index (κ2) is 8.21. The van der Waals surface area contributed by atoms with E-state index in [4.69, 9.17) is 9.47 Å². The molecule has 1 saturated heterocycles. The van der Waals surface area contributed by atoms with Crippen LogP contribution in [0.2, 0.25) is 0 Å². The summed E-state index contributed by atoms with van der Waals surface area (Å²) in [5.41, 5.74) is 0.581. The smallest absolute Gasteiger partial charge is 0.256 e. The Morgan fingerprint density at radius 2 is 2.25 bits per heavy atom. The molecule has 0 unspecified atom stereocenters. The lowest BCUT2D eigenvalue weighted by Crippen LogP contribution is -2.38. The van der Waals surface area contributed by atoms with Gasteiger partial charge in [0.2, 0.25) is 5.88 Å². The Morgan fingerprint density at radius 1 is 1.33 bits per heavy atom. The molecule has 1 fully saturated rings. The molecule has 0 saturated carbocycles. The van der Waals surface area contributed by atoms with Gasteiger partial charge in [-0.2, -0.15) is 0 Å². The van der Waals surface area contributed by atoms with Crippen LogP contribution in [0.15, 0.2) is 29.9 Å². The van der Waals surface area contributed by atoms with Crippen molar-refractivity contribution in [1.29, 1.82) is 0 Å². The first-order valence-corrected chi connectivity index (χ1v) is 8.95. The topological polar surface area (TPSA) is 64.6 Å². The number of pyridine rings is 1. The lowest BCUT2D eigenvalue weighted by atomic mass is 10.0. The molecule has 128 valence electrons. The minimum atomic E-state index is 0.00541. The van der Waals surface area contributed by atoms with Crippen LogP contribution in [0.1, 0.15) is 40.7 Å². The molecule has 0 aromatic carbocycles. The van der Waals surface area contributed by atoms with E-state index in [0.717, 1.165) is 30.8 Å². The Balaban J connectivity index is 1.70. The largest absolute Gasteiger partial charge is 0.475 e. The third-order valence-corrected chi connectivity index (χ3v) is 4.90. The Morgan fingerprint density at radius 3 is 2.96 bits per heavy atom. The average Bonchev–Trinajstić information content (AvgIpc) is 3.16. The van der Waals surface area contributed by atoms with Crippen LogP contribution >= 0.6 is 11.3 Å². The van der Waals surface area contributed by atoms with E-state index >= 15 is 0 Å². The van der Waals surface area contributed by atoms with Gasteiger partial charge in [0.1, 0.15) is 11.6 Å². The van der Waals surface area contributed by atoms with E-state index in [9.17, 15) is 4.79 Å². The van der Waals surface area contributed by atoms with Crippen molar-refractivity contribution in [2.75, 3.05) is 26.9 Å². The van der Waals surface area contributed by atoms with Crippen LogP contribution in [-0.4, -0.2) is 47.6 Å². The average molecular weight is 347 g/mol. The summed E-state index contributed by atoms with van der Waals surface area (Å²) in [4.78, 5) is 23.4. The fraction of sp³-hybridized carbons (Fsp3) is 0.471. The fourth-order valence-electron chi connectivity index (χ4n) is 2.82. The number of hydrogen-bond donors (Lipinski definition) is 0. The highest BCUT2D eigenvalue weighted by Gasteiger charge is 2.30. The summed E-state index contributed by atoms with van der Waals surface area (Å²) < 4.78 is 10.4.